The third kappa shape index (κ3) is 4.64. The van der Waals surface area contributed by atoms with Gasteiger partial charge in [0, 0.05) is 19.6 Å². The number of thiol groups is 1. The van der Waals surface area contributed by atoms with Crippen molar-refractivity contribution in [2.45, 2.75) is 52.2 Å². The Hall–Kier alpha value is 0.270. The lowest BCUT2D eigenvalue weighted by atomic mass is 10.0. The fourth-order valence-corrected chi connectivity index (χ4v) is 3.04. The van der Waals surface area contributed by atoms with Crippen LogP contribution in [0.3, 0.4) is 0 Å². The predicted octanol–water partition coefficient (Wildman–Crippen LogP) is 2.83. The van der Waals surface area contributed by atoms with E-state index in [1.807, 2.05) is 0 Å². The van der Waals surface area contributed by atoms with E-state index >= 15 is 0 Å². The highest BCUT2D eigenvalue weighted by atomic mass is 32.1. The van der Waals surface area contributed by atoms with Crippen molar-refractivity contribution < 1.29 is 4.74 Å². The van der Waals surface area contributed by atoms with Crippen molar-refractivity contribution in [2.75, 3.05) is 25.4 Å². The van der Waals surface area contributed by atoms with Gasteiger partial charge in [-0.15, -0.1) is 0 Å². The summed E-state index contributed by atoms with van der Waals surface area (Å²) in [5.41, 5.74) is 0.00499. The van der Waals surface area contributed by atoms with Crippen LogP contribution in [0.15, 0.2) is 0 Å². The normalized spacial score (nSPS) is 27.9. The monoisotopic (exact) mass is 245 g/mol. The van der Waals surface area contributed by atoms with Crippen molar-refractivity contribution in [1.29, 1.82) is 0 Å². The van der Waals surface area contributed by atoms with Crippen LogP contribution in [0.25, 0.3) is 0 Å². The Morgan fingerprint density at radius 1 is 1.50 bits per heavy atom. The van der Waals surface area contributed by atoms with Gasteiger partial charge in [0.15, 0.2) is 0 Å². The summed E-state index contributed by atoms with van der Waals surface area (Å²) in [5, 5.41) is 0. The lowest BCUT2D eigenvalue weighted by Crippen LogP contribution is -2.53. The van der Waals surface area contributed by atoms with Gasteiger partial charge in [0.05, 0.1) is 11.7 Å². The summed E-state index contributed by atoms with van der Waals surface area (Å²) >= 11 is 4.46. The van der Waals surface area contributed by atoms with Crippen LogP contribution in [0.5, 0.6) is 0 Å². The van der Waals surface area contributed by atoms with Gasteiger partial charge in [-0.25, -0.2) is 0 Å². The Labute approximate surface area is 106 Å². The van der Waals surface area contributed by atoms with E-state index in [4.69, 9.17) is 4.74 Å². The van der Waals surface area contributed by atoms with Crippen LogP contribution in [0.1, 0.15) is 40.5 Å². The lowest BCUT2D eigenvalue weighted by molar-refractivity contribution is -0.130. The quantitative estimate of drug-likeness (QED) is 0.748. The summed E-state index contributed by atoms with van der Waals surface area (Å²) in [4.78, 5) is 2.55. The molecule has 3 heteroatoms. The molecule has 0 bridgehead atoms. The minimum Gasteiger partial charge on any atom is -0.370 e. The van der Waals surface area contributed by atoms with Crippen LogP contribution in [0.2, 0.25) is 0 Å². The predicted molar refractivity (Wildman–Crippen MR) is 73.3 cm³/mol. The zero-order chi connectivity index (χ0) is 12.2. The third-order valence-electron chi connectivity index (χ3n) is 3.11. The van der Waals surface area contributed by atoms with Crippen molar-refractivity contribution in [3.63, 3.8) is 0 Å². The Kier molecular flexibility index (Phi) is 5.62. The average molecular weight is 245 g/mol. The lowest BCUT2D eigenvalue weighted by Gasteiger charge is -2.42. The summed E-state index contributed by atoms with van der Waals surface area (Å²) in [6, 6.07) is 0. The summed E-state index contributed by atoms with van der Waals surface area (Å²) in [5.74, 6) is 1.73. The summed E-state index contributed by atoms with van der Waals surface area (Å²) in [6.07, 6.45) is 2.90. The van der Waals surface area contributed by atoms with Gasteiger partial charge in [-0.1, -0.05) is 13.3 Å². The van der Waals surface area contributed by atoms with Gasteiger partial charge in [0.1, 0.15) is 0 Å². The Morgan fingerprint density at radius 3 is 2.69 bits per heavy atom. The van der Waals surface area contributed by atoms with Crippen molar-refractivity contribution in [1.82, 2.24) is 4.90 Å². The minimum absolute atomic E-state index is 0.00499. The van der Waals surface area contributed by atoms with Crippen LogP contribution in [-0.4, -0.2) is 42.0 Å². The Morgan fingerprint density at radius 2 is 2.19 bits per heavy atom. The molecule has 16 heavy (non-hydrogen) atoms. The molecule has 0 N–H and O–H groups in total. The number of nitrogens with zero attached hydrogens (tertiary/aromatic N) is 1. The molecule has 2 nitrogen and oxygen atoms in total. The Balaban J connectivity index is 2.46. The molecule has 0 radical (unpaired) electrons. The first-order chi connectivity index (χ1) is 7.46. The molecule has 2 unspecified atom stereocenters. The van der Waals surface area contributed by atoms with Gasteiger partial charge in [-0.05, 0) is 38.9 Å². The number of hydrogen-bond donors (Lipinski definition) is 1. The molecule has 1 rings (SSSR count). The maximum atomic E-state index is 5.92. The van der Waals surface area contributed by atoms with Gasteiger partial charge in [0.25, 0.3) is 0 Å². The SMILES string of the molecule is CCCC(CS)CN1CC(C)OC(C)(C)C1. The second-order valence-corrected chi connectivity index (χ2v) is 6.08. The fraction of sp³-hybridized carbons (Fsp3) is 1.00. The number of morpholine rings is 1. The van der Waals surface area contributed by atoms with E-state index in [9.17, 15) is 0 Å². The molecule has 1 fully saturated rings. The molecule has 1 heterocycles. The summed E-state index contributed by atoms with van der Waals surface area (Å²) in [6.45, 7) is 12.1. The number of hydrogen-bond acceptors (Lipinski definition) is 3. The maximum absolute atomic E-state index is 5.92. The van der Waals surface area contributed by atoms with Gasteiger partial charge in [-0.2, -0.15) is 12.6 Å². The zero-order valence-electron chi connectivity index (χ0n) is 11.2. The number of ether oxygens (including phenoxy) is 1. The van der Waals surface area contributed by atoms with Crippen LogP contribution < -0.4 is 0 Å². The van der Waals surface area contributed by atoms with E-state index in [-0.39, 0.29) is 5.60 Å². The van der Waals surface area contributed by atoms with Gasteiger partial charge in [0.2, 0.25) is 0 Å². The van der Waals surface area contributed by atoms with E-state index in [2.05, 4.69) is 45.2 Å². The van der Waals surface area contributed by atoms with Gasteiger partial charge in [-0.3, -0.25) is 4.90 Å². The highest BCUT2D eigenvalue weighted by molar-refractivity contribution is 7.80. The standard InChI is InChI=1S/C13H27NOS/c1-5-6-12(9-16)8-14-7-11(2)15-13(3,4)10-14/h11-12,16H,5-10H2,1-4H3. The molecule has 96 valence electrons. The van der Waals surface area contributed by atoms with Gasteiger partial charge < -0.3 is 4.74 Å². The van der Waals surface area contributed by atoms with Crippen molar-refractivity contribution in [2.24, 2.45) is 5.92 Å². The maximum Gasteiger partial charge on any atom is 0.0757 e. The highest BCUT2D eigenvalue weighted by Gasteiger charge is 2.31. The molecule has 0 spiro atoms. The van der Waals surface area contributed by atoms with Crippen LogP contribution in [0, 0.1) is 5.92 Å². The van der Waals surface area contributed by atoms with E-state index in [0.29, 0.717) is 6.10 Å². The molecule has 0 aromatic carbocycles. The zero-order valence-corrected chi connectivity index (χ0v) is 12.1. The molecule has 1 aliphatic rings. The van der Waals surface area contributed by atoms with Gasteiger partial charge >= 0.3 is 0 Å². The summed E-state index contributed by atoms with van der Waals surface area (Å²) in [7, 11) is 0. The minimum atomic E-state index is 0.00499. The van der Waals surface area contributed by atoms with E-state index < -0.39 is 0 Å². The first-order valence-electron chi connectivity index (χ1n) is 6.48. The largest absolute Gasteiger partial charge is 0.370 e. The first kappa shape index (κ1) is 14.3. The summed E-state index contributed by atoms with van der Waals surface area (Å²) < 4.78 is 5.92. The second-order valence-electron chi connectivity index (χ2n) is 5.72. The fourth-order valence-electron chi connectivity index (χ4n) is 2.74. The molecule has 0 amide bonds. The van der Waals surface area contributed by atoms with Crippen molar-refractivity contribution >= 4 is 12.6 Å². The Bertz CT molecular complexity index is 208. The third-order valence-corrected chi connectivity index (χ3v) is 3.63. The molecular weight excluding hydrogens is 218 g/mol. The number of rotatable bonds is 5. The molecule has 1 saturated heterocycles. The molecule has 1 aliphatic heterocycles. The van der Waals surface area contributed by atoms with Crippen LogP contribution in [-0.2, 0) is 4.74 Å². The molecule has 0 aromatic rings. The van der Waals surface area contributed by atoms with E-state index in [0.717, 1.165) is 24.8 Å². The van der Waals surface area contributed by atoms with E-state index in [1.54, 1.807) is 0 Å². The smallest absolute Gasteiger partial charge is 0.0757 e. The molecule has 0 aromatic heterocycles. The van der Waals surface area contributed by atoms with Crippen LogP contribution in [0.4, 0.5) is 0 Å². The second kappa shape index (κ2) is 6.27. The highest BCUT2D eigenvalue weighted by Crippen LogP contribution is 2.22. The molecular formula is C13H27NOS. The average Bonchev–Trinajstić information content (AvgIpc) is 2.13. The topological polar surface area (TPSA) is 12.5 Å². The molecule has 0 saturated carbocycles. The van der Waals surface area contributed by atoms with Crippen molar-refractivity contribution in [3.8, 4) is 0 Å². The molecule has 2 atom stereocenters. The van der Waals surface area contributed by atoms with Crippen molar-refractivity contribution in [3.05, 3.63) is 0 Å². The first-order valence-corrected chi connectivity index (χ1v) is 7.11. The molecule has 0 aliphatic carbocycles. The van der Waals surface area contributed by atoms with E-state index in [1.165, 1.54) is 19.4 Å². The van der Waals surface area contributed by atoms with Crippen LogP contribution >= 0.6 is 12.6 Å².